The number of amides is 2. The number of hydrogen-bond acceptors (Lipinski definition) is 3. The Morgan fingerprint density at radius 2 is 1.52 bits per heavy atom. The first-order chi connectivity index (χ1) is 10.0. The van der Waals surface area contributed by atoms with Crippen molar-refractivity contribution in [3.05, 3.63) is 65.7 Å². The second kappa shape index (κ2) is 6.00. The van der Waals surface area contributed by atoms with E-state index in [1.807, 2.05) is 0 Å². The summed E-state index contributed by atoms with van der Waals surface area (Å²) < 4.78 is 0. The molecule has 0 unspecified atom stereocenters. The second-order valence-corrected chi connectivity index (χ2v) is 4.38. The van der Waals surface area contributed by atoms with Gasteiger partial charge >= 0.3 is 5.97 Å². The smallest absolute Gasteiger partial charge is 0.335 e. The highest BCUT2D eigenvalue weighted by Crippen LogP contribution is 2.19. The molecule has 0 bridgehead atoms. The Balaban J connectivity index is 2.45. The van der Waals surface area contributed by atoms with E-state index in [0.717, 1.165) is 4.90 Å². The molecule has 5 heteroatoms. The summed E-state index contributed by atoms with van der Waals surface area (Å²) in [6.45, 7) is 1.26. The Morgan fingerprint density at radius 1 is 0.905 bits per heavy atom. The number of carboxylic acids is 1. The highest BCUT2D eigenvalue weighted by atomic mass is 16.4. The van der Waals surface area contributed by atoms with E-state index in [4.69, 9.17) is 5.11 Å². The van der Waals surface area contributed by atoms with Crippen molar-refractivity contribution in [3.8, 4) is 0 Å². The van der Waals surface area contributed by atoms with Gasteiger partial charge in [-0.25, -0.2) is 9.69 Å². The van der Waals surface area contributed by atoms with Crippen molar-refractivity contribution < 1.29 is 19.5 Å². The van der Waals surface area contributed by atoms with E-state index in [-0.39, 0.29) is 11.3 Å². The SMILES string of the molecule is CC(=O)N(C(=O)c1ccccc1)c1cccc(C(=O)O)c1. The van der Waals surface area contributed by atoms with E-state index in [1.54, 1.807) is 30.3 Å². The Morgan fingerprint density at radius 3 is 2.10 bits per heavy atom. The molecule has 106 valence electrons. The van der Waals surface area contributed by atoms with Crippen LogP contribution in [-0.2, 0) is 4.79 Å². The molecule has 5 nitrogen and oxygen atoms in total. The summed E-state index contributed by atoms with van der Waals surface area (Å²) in [7, 11) is 0. The van der Waals surface area contributed by atoms with Gasteiger partial charge in [-0.3, -0.25) is 9.59 Å². The van der Waals surface area contributed by atoms with Crippen molar-refractivity contribution in [2.45, 2.75) is 6.92 Å². The molecule has 2 aromatic rings. The van der Waals surface area contributed by atoms with Gasteiger partial charge in [0.1, 0.15) is 0 Å². The number of carbonyl (C=O) groups excluding carboxylic acids is 2. The summed E-state index contributed by atoms with van der Waals surface area (Å²) in [5.74, 6) is -2.09. The summed E-state index contributed by atoms with van der Waals surface area (Å²) in [6.07, 6.45) is 0. The molecule has 2 amide bonds. The third-order valence-corrected chi connectivity index (χ3v) is 2.89. The third kappa shape index (κ3) is 3.14. The van der Waals surface area contributed by atoms with Crippen LogP contribution < -0.4 is 4.90 Å². The van der Waals surface area contributed by atoms with Gasteiger partial charge in [-0.1, -0.05) is 24.3 Å². The summed E-state index contributed by atoms with van der Waals surface area (Å²) >= 11 is 0. The van der Waals surface area contributed by atoms with Gasteiger partial charge in [-0.2, -0.15) is 0 Å². The molecule has 0 aliphatic rings. The summed E-state index contributed by atoms with van der Waals surface area (Å²) in [5, 5.41) is 9.00. The zero-order chi connectivity index (χ0) is 15.4. The standard InChI is InChI=1S/C16H13NO4/c1-11(18)17(15(19)12-6-3-2-4-7-12)14-9-5-8-13(10-14)16(20)21/h2-10H,1H3,(H,20,21). The lowest BCUT2D eigenvalue weighted by Crippen LogP contribution is -2.35. The number of benzene rings is 2. The van der Waals surface area contributed by atoms with E-state index in [2.05, 4.69) is 0 Å². The van der Waals surface area contributed by atoms with Crippen molar-refractivity contribution in [2.75, 3.05) is 4.90 Å². The zero-order valence-electron chi connectivity index (χ0n) is 11.3. The first kappa shape index (κ1) is 14.5. The van der Waals surface area contributed by atoms with Crippen molar-refractivity contribution in [1.82, 2.24) is 0 Å². The molecule has 0 aromatic heterocycles. The van der Waals surface area contributed by atoms with Crippen molar-refractivity contribution in [2.24, 2.45) is 0 Å². The minimum absolute atomic E-state index is 0.0135. The fourth-order valence-corrected chi connectivity index (χ4v) is 1.93. The van der Waals surface area contributed by atoms with Crippen LogP contribution in [0.5, 0.6) is 0 Å². The molecule has 0 aliphatic heterocycles. The van der Waals surface area contributed by atoms with Gasteiger partial charge in [0.25, 0.3) is 5.91 Å². The molecule has 2 rings (SSSR count). The van der Waals surface area contributed by atoms with Gasteiger partial charge in [0.2, 0.25) is 5.91 Å². The zero-order valence-corrected chi connectivity index (χ0v) is 11.3. The maximum Gasteiger partial charge on any atom is 0.335 e. The van der Waals surface area contributed by atoms with E-state index in [1.165, 1.54) is 31.2 Å². The highest BCUT2D eigenvalue weighted by Gasteiger charge is 2.22. The minimum Gasteiger partial charge on any atom is -0.478 e. The van der Waals surface area contributed by atoms with Crippen molar-refractivity contribution >= 4 is 23.5 Å². The molecule has 2 aromatic carbocycles. The first-order valence-corrected chi connectivity index (χ1v) is 6.24. The second-order valence-electron chi connectivity index (χ2n) is 4.38. The molecule has 0 fully saturated rings. The molecule has 0 heterocycles. The van der Waals surface area contributed by atoms with Crippen LogP contribution in [-0.4, -0.2) is 22.9 Å². The molecule has 0 radical (unpaired) electrons. The van der Waals surface area contributed by atoms with Gasteiger partial charge in [0, 0.05) is 12.5 Å². The highest BCUT2D eigenvalue weighted by molar-refractivity contribution is 6.20. The average molecular weight is 283 g/mol. The Kier molecular flexibility index (Phi) is 4.13. The normalized spacial score (nSPS) is 9.95. The lowest BCUT2D eigenvalue weighted by atomic mass is 10.1. The van der Waals surface area contributed by atoms with E-state index in [9.17, 15) is 14.4 Å². The topological polar surface area (TPSA) is 74.7 Å². The van der Waals surface area contributed by atoms with Crippen LogP contribution in [0.3, 0.4) is 0 Å². The molecular weight excluding hydrogens is 270 g/mol. The average Bonchev–Trinajstić information content (AvgIpc) is 2.48. The van der Waals surface area contributed by atoms with Crippen LogP contribution in [0, 0.1) is 0 Å². The number of hydrogen-bond donors (Lipinski definition) is 1. The summed E-state index contributed by atoms with van der Waals surface area (Å²) in [6, 6.07) is 14.1. The molecule has 1 N–H and O–H groups in total. The third-order valence-electron chi connectivity index (χ3n) is 2.89. The molecule has 0 aliphatic carbocycles. The van der Waals surface area contributed by atoms with Crippen molar-refractivity contribution in [1.29, 1.82) is 0 Å². The van der Waals surface area contributed by atoms with Crippen LogP contribution in [0.1, 0.15) is 27.6 Å². The van der Waals surface area contributed by atoms with Gasteiger partial charge in [0.15, 0.2) is 0 Å². The predicted molar refractivity (Wildman–Crippen MR) is 77.3 cm³/mol. The summed E-state index contributed by atoms with van der Waals surface area (Å²) in [5.41, 5.74) is 0.601. The van der Waals surface area contributed by atoms with E-state index in [0.29, 0.717) is 5.56 Å². The van der Waals surface area contributed by atoms with Gasteiger partial charge in [-0.05, 0) is 30.3 Å². The monoisotopic (exact) mass is 283 g/mol. The predicted octanol–water partition coefficient (Wildman–Crippen LogP) is 2.58. The number of carbonyl (C=O) groups is 3. The number of anilines is 1. The number of carboxylic acid groups (broad SMARTS) is 1. The quantitative estimate of drug-likeness (QED) is 0.939. The van der Waals surface area contributed by atoms with Crippen LogP contribution in [0.15, 0.2) is 54.6 Å². The Hall–Kier alpha value is -2.95. The number of nitrogens with zero attached hydrogens (tertiary/aromatic N) is 1. The van der Waals surface area contributed by atoms with Crippen LogP contribution in [0.25, 0.3) is 0 Å². The lowest BCUT2D eigenvalue weighted by Gasteiger charge is -2.19. The minimum atomic E-state index is -1.12. The largest absolute Gasteiger partial charge is 0.478 e. The molecule has 0 saturated heterocycles. The Bertz CT molecular complexity index is 694. The van der Waals surface area contributed by atoms with Crippen molar-refractivity contribution in [3.63, 3.8) is 0 Å². The number of rotatable bonds is 3. The molecule has 0 saturated carbocycles. The maximum atomic E-state index is 12.4. The maximum absolute atomic E-state index is 12.4. The fraction of sp³-hybridized carbons (Fsp3) is 0.0625. The van der Waals surface area contributed by atoms with Crippen LogP contribution in [0.2, 0.25) is 0 Å². The first-order valence-electron chi connectivity index (χ1n) is 6.24. The molecule has 21 heavy (non-hydrogen) atoms. The van der Waals surface area contributed by atoms with E-state index >= 15 is 0 Å². The van der Waals surface area contributed by atoms with Crippen LogP contribution in [0.4, 0.5) is 5.69 Å². The van der Waals surface area contributed by atoms with Gasteiger partial charge in [-0.15, -0.1) is 0 Å². The summed E-state index contributed by atoms with van der Waals surface area (Å²) in [4.78, 5) is 36.2. The van der Waals surface area contributed by atoms with Crippen LogP contribution >= 0.6 is 0 Å². The number of aromatic carboxylic acids is 1. The molecule has 0 atom stereocenters. The molecule has 0 spiro atoms. The van der Waals surface area contributed by atoms with Gasteiger partial charge in [0.05, 0.1) is 11.3 Å². The van der Waals surface area contributed by atoms with Gasteiger partial charge < -0.3 is 5.11 Å². The lowest BCUT2D eigenvalue weighted by molar-refractivity contribution is -0.115. The Labute approximate surface area is 121 Å². The van der Waals surface area contributed by atoms with E-state index < -0.39 is 17.8 Å². The fourth-order valence-electron chi connectivity index (χ4n) is 1.93. The number of imide groups is 1. The molecular formula is C16H13NO4.